The van der Waals surface area contributed by atoms with Crippen LogP contribution in [0.25, 0.3) is 0 Å². The van der Waals surface area contributed by atoms with Crippen LogP contribution in [0.2, 0.25) is 0 Å². The van der Waals surface area contributed by atoms with Crippen LogP contribution in [0, 0.1) is 0 Å². The molecule has 1 nitrogen and oxygen atoms in total. The van der Waals surface area contributed by atoms with Crippen molar-refractivity contribution < 1.29 is 52.8 Å². The third-order valence-corrected chi connectivity index (χ3v) is 1.70. The molecule has 0 radical (unpaired) electrons. The molecule has 0 aromatic carbocycles. The van der Waals surface area contributed by atoms with E-state index in [9.17, 15) is 0 Å². The fraction of sp³-hybridized carbons (Fsp3) is 0.750. The van der Waals surface area contributed by atoms with E-state index in [1.165, 1.54) is 0 Å². The van der Waals surface area contributed by atoms with Crippen LogP contribution in [0.15, 0.2) is 0 Å². The number of rotatable bonds is 2. The largest absolute Gasteiger partial charge is 1.00 e. The normalized spacial score (nSPS) is 7.62. The second-order valence-electron chi connectivity index (χ2n) is 1.17. The monoisotopic (exact) mass is 175 g/mol. The van der Waals surface area contributed by atoms with E-state index in [0.29, 0.717) is 4.32 Å². The summed E-state index contributed by atoms with van der Waals surface area (Å²) in [7, 11) is 0. The fourth-order valence-electron chi connectivity index (χ4n) is 0.203. The zero-order chi connectivity index (χ0) is 5.70. The fourth-order valence-corrected chi connectivity index (χ4v) is 0.858. The van der Waals surface area contributed by atoms with Crippen molar-refractivity contribution in [3.05, 3.63) is 0 Å². The Morgan fingerprint density at radius 2 is 2.38 bits per heavy atom. The molecule has 0 atom stereocenters. The van der Waals surface area contributed by atoms with Crippen molar-refractivity contribution in [2.45, 2.75) is 13.3 Å². The number of hydrogen-bond acceptors (Lipinski definition) is 2. The Labute approximate surface area is 104 Å². The molecule has 0 aliphatic rings. The molecule has 4 heteroatoms. The molecule has 0 aliphatic carbocycles. The molecule has 0 bridgehead atoms. The van der Waals surface area contributed by atoms with E-state index in [-0.39, 0.29) is 52.8 Å². The SMILES string of the molecule is CCCSC(N)=S.[H-].[K+]. The van der Waals surface area contributed by atoms with Crippen molar-refractivity contribution in [1.29, 1.82) is 0 Å². The van der Waals surface area contributed by atoms with E-state index in [1.54, 1.807) is 11.8 Å². The second kappa shape index (κ2) is 8.88. The molecule has 8 heavy (non-hydrogen) atoms. The minimum absolute atomic E-state index is 0. The van der Waals surface area contributed by atoms with E-state index in [1.807, 2.05) is 0 Å². The summed E-state index contributed by atoms with van der Waals surface area (Å²) in [6.45, 7) is 2.10. The van der Waals surface area contributed by atoms with Gasteiger partial charge in [-0.15, -0.1) is 0 Å². The average Bonchev–Trinajstić information content (AvgIpc) is 1.61. The Morgan fingerprint density at radius 3 is 2.50 bits per heavy atom. The van der Waals surface area contributed by atoms with Crippen LogP contribution in [0.4, 0.5) is 0 Å². The summed E-state index contributed by atoms with van der Waals surface area (Å²) in [5, 5.41) is 0. The Hall–Kier alpha value is 1.88. The van der Waals surface area contributed by atoms with Crippen LogP contribution in [-0.4, -0.2) is 10.1 Å². The minimum atomic E-state index is 0. The van der Waals surface area contributed by atoms with Crippen molar-refractivity contribution >= 4 is 28.3 Å². The van der Waals surface area contributed by atoms with Gasteiger partial charge >= 0.3 is 51.4 Å². The van der Waals surface area contributed by atoms with E-state index in [2.05, 4.69) is 19.1 Å². The quantitative estimate of drug-likeness (QED) is 0.408. The predicted octanol–water partition coefficient (Wildman–Crippen LogP) is -1.51. The van der Waals surface area contributed by atoms with Gasteiger partial charge in [-0.1, -0.05) is 30.9 Å². The van der Waals surface area contributed by atoms with Crippen molar-refractivity contribution in [1.82, 2.24) is 0 Å². The number of thioether (sulfide) groups is 1. The van der Waals surface area contributed by atoms with E-state index in [4.69, 9.17) is 5.73 Å². The van der Waals surface area contributed by atoms with Crippen LogP contribution < -0.4 is 57.1 Å². The first-order valence-electron chi connectivity index (χ1n) is 2.19. The smallest absolute Gasteiger partial charge is 1.00 e. The summed E-state index contributed by atoms with van der Waals surface area (Å²) in [4.78, 5) is 0. The zero-order valence-corrected chi connectivity index (χ0v) is 10.1. The molecule has 0 amide bonds. The van der Waals surface area contributed by atoms with Crippen LogP contribution in [-0.2, 0) is 0 Å². The van der Waals surface area contributed by atoms with Gasteiger partial charge in [0.1, 0.15) is 4.32 Å². The first-order valence-corrected chi connectivity index (χ1v) is 3.59. The van der Waals surface area contributed by atoms with Gasteiger partial charge in [0.05, 0.1) is 0 Å². The zero-order valence-electron chi connectivity index (χ0n) is 6.31. The first kappa shape index (κ1) is 12.5. The number of thiocarbonyl (C=S) groups is 1. The molecular formula is C4H10KNS2. The topological polar surface area (TPSA) is 26.0 Å². The maximum absolute atomic E-state index is 5.17. The second-order valence-corrected chi connectivity index (χ2v) is 3.00. The van der Waals surface area contributed by atoms with Crippen molar-refractivity contribution in [3.8, 4) is 0 Å². The van der Waals surface area contributed by atoms with E-state index < -0.39 is 0 Å². The molecule has 0 heterocycles. The van der Waals surface area contributed by atoms with Gasteiger partial charge in [0.2, 0.25) is 0 Å². The van der Waals surface area contributed by atoms with Gasteiger partial charge in [-0.3, -0.25) is 0 Å². The molecule has 0 unspecified atom stereocenters. The van der Waals surface area contributed by atoms with Crippen molar-refractivity contribution in [2.75, 3.05) is 5.75 Å². The minimum Gasteiger partial charge on any atom is -1.00 e. The summed E-state index contributed by atoms with van der Waals surface area (Å²) in [6.07, 6.45) is 1.14. The standard InChI is InChI=1S/C4H9NS2.K.H/c1-2-3-7-4(5)6;;/h2-3H2,1H3,(H2,5,6);;/q;+1;-1. The molecule has 0 saturated heterocycles. The summed E-state index contributed by atoms with van der Waals surface area (Å²) >= 11 is 6.14. The molecule has 0 rings (SSSR count). The molecule has 0 spiro atoms. The predicted molar refractivity (Wildman–Crippen MR) is 40.6 cm³/mol. The van der Waals surface area contributed by atoms with Crippen LogP contribution in [0.1, 0.15) is 14.8 Å². The molecule has 0 aromatic rings. The molecule has 44 valence electrons. The average molecular weight is 175 g/mol. The van der Waals surface area contributed by atoms with Gasteiger partial charge in [-0.05, 0) is 12.2 Å². The Morgan fingerprint density at radius 1 is 1.88 bits per heavy atom. The molecule has 0 aliphatic heterocycles. The van der Waals surface area contributed by atoms with Crippen LogP contribution >= 0.6 is 24.0 Å². The van der Waals surface area contributed by atoms with Crippen molar-refractivity contribution in [3.63, 3.8) is 0 Å². The summed E-state index contributed by atoms with van der Waals surface area (Å²) in [6, 6.07) is 0. The van der Waals surface area contributed by atoms with E-state index in [0.717, 1.165) is 12.2 Å². The third kappa shape index (κ3) is 10.8. The van der Waals surface area contributed by atoms with Gasteiger partial charge in [-0.2, -0.15) is 0 Å². The molecule has 0 fully saturated rings. The van der Waals surface area contributed by atoms with E-state index >= 15 is 0 Å². The number of hydrogen-bond donors (Lipinski definition) is 1. The Bertz CT molecular complexity index is 71.6. The molecule has 2 N–H and O–H groups in total. The van der Waals surface area contributed by atoms with Crippen LogP contribution in [0.5, 0.6) is 0 Å². The summed E-state index contributed by atoms with van der Waals surface area (Å²) in [5.41, 5.74) is 5.17. The summed E-state index contributed by atoms with van der Waals surface area (Å²) in [5.74, 6) is 1.05. The van der Waals surface area contributed by atoms with Crippen LogP contribution in [0.3, 0.4) is 0 Å². The Balaban J connectivity index is -0.000000180. The first-order chi connectivity index (χ1) is 3.27. The van der Waals surface area contributed by atoms with Gasteiger partial charge in [0, 0.05) is 0 Å². The Kier molecular flexibility index (Phi) is 13.9. The third-order valence-electron chi connectivity index (χ3n) is 0.448. The maximum atomic E-state index is 5.17. The maximum Gasteiger partial charge on any atom is 1.00 e. The number of nitrogens with two attached hydrogens (primary N) is 1. The molecule has 0 aromatic heterocycles. The molecular weight excluding hydrogens is 165 g/mol. The van der Waals surface area contributed by atoms with Crippen molar-refractivity contribution in [2.24, 2.45) is 5.73 Å². The van der Waals surface area contributed by atoms with Gasteiger partial charge < -0.3 is 7.16 Å². The molecule has 0 saturated carbocycles. The van der Waals surface area contributed by atoms with Gasteiger partial charge in [-0.25, -0.2) is 0 Å². The van der Waals surface area contributed by atoms with Gasteiger partial charge in [0.15, 0.2) is 0 Å². The van der Waals surface area contributed by atoms with Gasteiger partial charge in [0.25, 0.3) is 0 Å². The summed E-state index contributed by atoms with van der Waals surface area (Å²) < 4.78 is 0.557.